The number of hydrogen-bond acceptors (Lipinski definition) is 3. The van der Waals surface area contributed by atoms with Crippen LogP contribution in [-0.4, -0.2) is 20.6 Å². The fourth-order valence-electron chi connectivity index (χ4n) is 2.49. The molecule has 0 amide bonds. The van der Waals surface area contributed by atoms with Crippen molar-refractivity contribution < 1.29 is 21.8 Å². The lowest BCUT2D eigenvalue weighted by molar-refractivity contribution is -0.593. The molecule has 0 spiro atoms. The molecule has 142 valence electrons. The fourth-order valence-corrected chi connectivity index (χ4v) is 2.74. The van der Waals surface area contributed by atoms with E-state index in [9.17, 15) is 22.4 Å². The van der Waals surface area contributed by atoms with Crippen molar-refractivity contribution in [3.05, 3.63) is 64.7 Å². The van der Waals surface area contributed by atoms with Crippen molar-refractivity contribution in [3.8, 4) is 11.1 Å². The van der Waals surface area contributed by atoms with Crippen LogP contribution in [0, 0.1) is 0 Å². The van der Waals surface area contributed by atoms with Gasteiger partial charge in [-0.2, -0.15) is 13.2 Å². The third-order valence-corrected chi connectivity index (χ3v) is 4.27. The van der Waals surface area contributed by atoms with Gasteiger partial charge in [0, 0.05) is 24.4 Å². The summed E-state index contributed by atoms with van der Waals surface area (Å²) >= 11 is 6.17. The van der Waals surface area contributed by atoms with Gasteiger partial charge in [-0.05, 0) is 27.5 Å². The predicted octanol–water partition coefficient (Wildman–Crippen LogP) is 2.28. The minimum Gasteiger partial charge on any atom is -0.327 e. The van der Waals surface area contributed by atoms with Crippen molar-refractivity contribution in [2.24, 2.45) is 5.73 Å². The highest BCUT2D eigenvalue weighted by molar-refractivity contribution is 6.04. The molecule has 2 N–H and O–H groups in total. The molecule has 11 heteroatoms. The van der Waals surface area contributed by atoms with Crippen LogP contribution in [0.3, 0.4) is 0 Å². The van der Waals surface area contributed by atoms with Crippen LogP contribution in [0.2, 0.25) is 0 Å². The Balaban J connectivity index is 2.05. The molecule has 0 aliphatic rings. The first kappa shape index (κ1) is 19.1. The Morgan fingerprint density at radius 3 is 2.59 bits per heavy atom. The third-order valence-electron chi connectivity index (χ3n) is 3.92. The number of alkyl halides is 3. The standard InChI is InChI=1S/C16H13ClF4N5O/c17-26-14-5-11(12-1-2-13(23-8-12)16(19,20)21)3-4-24(14)15(27)25(26)9-10(6-18)7-22/h1-6,8H,7,9,22H2/q+1/b10-6+. The lowest BCUT2D eigenvalue weighted by atomic mass is 10.1. The van der Waals surface area contributed by atoms with Crippen molar-refractivity contribution in [2.75, 3.05) is 6.54 Å². The van der Waals surface area contributed by atoms with Gasteiger partial charge in [0.15, 0.2) is 11.8 Å². The number of pyridine rings is 2. The number of halogens is 5. The van der Waals surface area contributed by atoms with Gasteiger partial charge in [-0.3, -0.25) is 4.98 Å². The summed E-state index contributed by atoms with van der Waals surface area (Å²) in [5, 5.41) is 0. The maximum atomic E-state index is 12.8. The van der Waals surface area contributed by atoms with Gasteiger partial charge in [0.2, 0.25) is 0 Å². The smallest absolute Gasteiger partial charge is 0.327 e. The van der Waals surface area contributed by atoms with Gasteiger partial charge in [-0.1, -0.05) is 6.07 Å². The number of hydrogen-bond donors (Lipinski definition) is 1. The van der Waals surface area contributed by atoms with Gasteiger partial charge >= 0.3 is 17.5 Å². The van der Waals surface area contributed by atoms with Crippen molar-refractivity contribution in [2.45, 2.75) is 12.7 Å². The highest BCUT2D eigenvalue weighted by atomic mass is 35.5. The zero-order chi connectivity index (χ0) is 19.8. The predicted molar refractivity (Wildman–Crippen MR) is 89.6 cm³/mol. The second kappa shape index (κ2) is 7.12. The Morgan fingerprint density at radius 2 is 2.04 bits per heavy atom. The zero-order valence-electron chi connectivity index (χ0n) is 13.6. The molecule has 3 aromatic rings. The maximum Gasteiger partial charge on any atom is 0.453 e. The molecule has 0 bridgehead atoms. The van der Waals surface area contributed by atoms with Gasteiger partial charge in [0.25, 0.3) is 0 Å². The molecular weight excluding hydrogens is 390 g/mol. The molecule has 0 fully saturated rings. The molecule has 3 aromatic heterocycles. The molecule has 0 unspecified atom stereocenters. The average molecular weight is 403 g/mol. The van der Waals surface area contributed by atoms with Crippen molar-refractivity contribution in [1.29, 1.82) is 0 Å². The molecule has 0 saturated carbocycles. The van der Waals surface area contributed by atoms with Crippen LogP contribution in [0.15, 0.2) is 53.4 Å². The first-order chi connectivity index (χ1) is 12.8. The lowest BCUT2D eigenvalue weighted by Crippen LogP contribution is -2.39. The van der Waals surface area contributed by atoms with E-state index in [-0.39, 0.29) is 24.3 Å². The third kappa shape index (κ3) is 3.58. The number of rotatable bonds is 4. The van der Waals surface area contributed by atoms with Crippen LogP contribution < -0.4 is 15.6 Å². The molecule has 0 radical (unpaired) electrons. The van der Waals surface area contributed by atoms with E-state index in [4.69, 9.17) is 17.5 Å². The van der Waals surface area contributed by atoms with Crippen molar-refractivity contribution in [3.63, 3.8) is 0 Å². The van der Waals surface area contributed by atoms with Gasteiger partial charge in [-0.25, -0.2) is 9.18 Å². The maximum absolute atomic E-state index is 12.8. The molecule has 3 heterocycles. The molecule has 27 heavy (non-hydrogen) atoms. The lowest BCUT2D eigenvalue weighted by Gasteiger charge is -2.06. The summed E-state index contributed by atoms with van der Waals surface area (Å²) in [4.78, 5) is 15.8. The van der Waals surface area contributed by atoms with E-state index in [1.165, 1.54) is 28.8 Å². The van der Waals surface area contributed by atoms with Crippen LogP contribution in [0.4, 0.5) is 17.6 Å². The normalized spacial score (nSPS) is 12.7. The first-order valence-electron chi connectivity index (χ1n) is 7.61. The SMILES string of the molecule is NC/C(=C\F)Cn1c(=O)n2ccc(-c3ccc(C(F)(F)F)nc3)cc2[n+]1Cl. The fraction of sp³-hybridized carbons (Fsp3) is 0.188. The largest absolute Gasteiger partial charge is 0.453 e. The summed E-state index contributed by atoms with van der Waals surface area (Å²) < 4.78 is 53.9. The summed E-state index contributed by atoms with van der Waals surface area (Å²) in [5.74, 6) is 0. The quantitative estimate of drug-likeness (QED) is 0.681. The summed E-state index contributed by atoms with van der Waals surface area (Å²) in [6.07, 6.45) is -1.72. The van der Waals surface area contributed by atoms with Gasteiger partial charge in [0.05, 0.1) is 12.9 Å². The number of aromatic nitrogens is 4. The van der Waals surface area contributed by atoms with E-state index in [1.54, 1.807) is 0 Å². The zero-order valence-corrected chi connectivity index (χ0v) is 14.4. The number of nitrogens with zero attached hydrogens (tertiary/aromatic N) is 4. The molecule has 0 saturated heterocycles. The summed E-state index contributed by atoms with van der Waals surface area (Å²) in [6, 6.07) is 5.18. The van der Waals surface area contributed by atoms with Crippen molar-refractivity contribution >= 4 is 17.4 Å². The van der Waals surface area contributed by atoms with Crippen LogP contribution in [0.1, 0.15) is 5.69 Å². The Kier molecular flexibility index (Phi) is 5.03. The van der Waals surface area contributed by atoms with Gasteiger partial charge < -0.3 is 5.73 Å². The van der Waals surface area contributed by atoms with E-state index < -0.39 is 17.6 Å². The molecular formula is C16H13ClF4N5O+. The molecule has 6 nitrogen and oxygen atoms in total. The second-order valence-electron chi connectivity index (χ2n) is 5.65. The van der Waals surface area contributed by atoms with E-state index in [0.29, 0.717) is 17.5 Å². The molecule has 0 aromatic carbocycles. The minimum atomic E-state index is -4.53. The van der Waals surface area contributed by atoms with Crippen molar-refractivity contribution in [1.82, 2.24) is 14.1 Å². The number of nitrogens with two attached hydrogens (primary N) is 1. The summed E-state index contributed by atoms with van der Waals surface area (Å²) in [6.45, 7) is -0.233. The monoisotopic (exact) mass is 402 g/mol. The van der Waals surface area contributed by atoms with E-state index in [2.05, 4.69) is 4.98 Å². The van der Waals surface area contributed by atoms with Crippen LogP contribution in [-0.2, 0) is 12.7 Å². The van der Waals surface area contributed by atoms with Crippen LogP contribution in [0.5, 0.6) is 0 Å². The van der Waals surface area contributed by atoms with E-state index in [1.807, 2.05) is 0 Å². The average Bonchev–Trinajstić information content (AvgIpc) is 2.89. The number of fused-ring (bicyclic) bond motifs is 1. The minimum absolute atomic E-state index is 0.0888. The molecule has 0 aliphatic heterocycles. The Bertz CT molecular complexity index is 1070. The Labute approximate surface area is 154 Å². The first-order valence-corrected chi connectivity index (χ1v) is 7.95. The molecule has 0 atom stereocenters. The Morgan fingerprint density at radius 1 is 1.30 bits per heavy atom. The van der Waals surface area contributed by atoms with Crippen LogP contribution >= 0.6 is 11.8 Å². The summed E-state index contributed by atoms with van der Waals surface area (Å²) in [7, 11) is 0. The van der Waals surface area contributed by atoms with E-state index in [0.717, 1.165) is 21.1 Å². The summed E-state index contributed by atoms with van der Waals surface area (Å²) in [5.41, 5.74) is 5.19. The molecule has 0 aliphatic carbocycles. The second-order valence-corrected chi connectivity index (χ2v) is 5.97. The van der Waals surface area contributed by atoms with Crippen LogP contribution in [0.25, 0.3) is 16.8 Å². The van der Waals surface area contributed by atoms with Gasteiger partial charge in [0.1, 0.15) is 11.9 Å². The van der Waals surface area contributed by atoms with Gasteiger partial charge in [-0.15, -0.1) is 9.08 Å². The Hall–Kier alpha value is -2.72. The topological polar surface area (TPSA) is 69.2 Å². The molecule has 3 rings (SSSR count). The highest BCUT2D eigenvalue weighted by Gasteiger charge is 2.32. The highest BCUT2D eigenvalue weighted by Crippen LogP contribution is 2.29. The van der Waals surface area contributed by atoms with E-state index >= 15 is 0 Å².